The number of halogens is 4. The van der Waals surface area contributed by atoms with Gasteiger partial charge in [0.1, 0.15) is 0 Å². The number of benzene rings is 2. The molecule has 2 fully saturated rings. The number of carbonyl (C=O) groups is 2. The van der Waals surface area contributed by atoms with Gasteiger partial charge in [0, 0.05) is 23.4 Å². The fourth-order valence-corrected chi connectivity index (χ4v) is 7.89. The summed E-state index contributed by atoms with van der Waals surface area (Å²) in [7, 11) is -4.14. The SMILES string of the molecule is O=C(Nc1cc(F)c(F)c(F)c1)c1ccc(Cl)c(S(=O)(=O)C2C3CC[C@H]2CC(O)(C(=O)O)C3)c1. The Morgan fingerprint density at radius 3 is 2.12 bits per heavy atom. The second kappa shape index (κ2) is 8.54. The topological polar surface area (TPSA) is 121 Å². The van der Waals surface area contributed by atoms with E-state index >= 15 is 0 Å². The van der Waals surface area contributed by atoms with Crippen LogP contribution in [0, 0.1) is 29.3 Å². The van der Waals surface area contributed by atoms with Gasteiger partial charge in [-0.15, -0.1) is 0 Å². The molecule has 0 aliphatic heterocycles. The molecule has 0 spiro atoms. The number of carbonyl (C=O) groups excluding carboxylic acids is 1. The van der Waals surface area contributed by atoms with Gasteiger partial charge < -0.3 is 15.5 Å². The highest BCUT2D eigenvalue weighted by Gasteiger charge is 2.57. The smallest absolute Gasteiger partial charge is 0.335 e. The van der Waals surface area contributed by atoms with Gasteiger partial charge in [-0.3, -0.25) is 4.79 Å². The van der Waals surface area contributed by atoms with Crippen molar-refractivity contribution in [3.05, 3.63) is 58.4 Å². The maximum atomic E-state index is 13.5. The summed E-state index contributed by atoms with van der Waals surface area (Å²) in [6.07, 6.45) is 0.401. The molecule has 2 saturated carbocycles. The zero-order valence-corrected chi connectivity index (χ0v) is 19.0. The van der Waals surface area contributed by atoms with Gasteiger partial charge in [0.15, 0.2) is 32.9 Å². The number of carboxylic acids is 1. The van der Waals surface area contributed by atoms with Crippen molar-refractivity contribution in [1.29, 1.82) is 0 Å². The van der Waals surface area contributed by atoms with Crippen LogP contribution in [0.3, 0.4) is 0 Å². The van der Waals surface area contributed by atoms with E-state index in [1.54, 1.807) is 0 Å². The molecule has 2 aliphatic rings. The maximum Gasteiger partial charge on any atom is 0.335 e. The highest BCUT2D eigenvalue weighted by Crippen LogP contribution is 2.51. The molecule has 34 heavy (non-hydrogen) atoms. The fraction of sp³-hybridized carbons (Fsp3) is 0.364. The van der Waals surface area contributed by atoms with Gasteiger partial charge in [-0.1, -0.05) is 11.6 Å². The number of carboxylic acid groups (broad SMARTS) is 1. The number of aliphatic hydroxyl groups is 1. The standard InChI is InChI=1S/C22H19ClF3NO6S/c23-14-4-3-10(20(28)27-13-6-15(24)18(26)16(25)7-13)5-17(14)34(32,33)19-11-1-2-12(19)9-22(31,8-11)21(29)30/h3-7,11-12,19,31H,1-2,8-9H2,(H,27,28)(H,29,30)/t11-,12?,19?,22?/m0/s1. The zero-order chi connectivity index (χ0) is 25.0. The molecule has 1 amide bonds. The normalized spacial score (nSPS) is 26.3. The van der Waals surface area contributed by atoms with E-state index in [4.69, 9.17) is 11.6 Å². The number of sulfone groups is 1. The van der Waals surface area contributed by atoms with Crippen LogP contribution < -0.4 is 5.32 Å². The Labute approximate surface area is 197 Å². The van der Waals surface area contributed by atoms with Crippen LogP contribution in [0.2, 0.25) is 5.02 Å². The summed E-state index contributed by atoms with van der Waals surface area (Å²) in [5, 5.41) is 20.8. The van der Waals surface area contributed by atoms with Crippen molar-refractivity contribution in [1.82, 2.24) is 0 Å². The second-order valence-corrected chi connectivity index (χ2v) is 11.2. The lowest BCUT2D eigenvalue weighted by Crippen LogP contribution is -2.50. The number of fused-ring (bicyclic) bond motifs is 2. The van der Waals surface area contributed by atoms with E-state index in [0.29, 0.717) is 25.0 Å². The number of anilines is 1. The molecular formula is C22H19ClF3NO6S. The van der Waals surface area contributed by atoms with Crippen molar-refractivity contribution in [2.24, 2.45) is 11.8 Å². The van der Waals surface area contributed by atoms with E-state index in [-0.39, 0.29) is 34.0 Å². The van der Waals surface area contributed by atoms with Gasteiger partial charge in [-0.25, -0.2) is 26.4 Å². The third-order valence-electron chi connectivity index (χ3n) is 6.54. The summed E-state index contributed by atoms with van der Waals surface area (Å²) in [5.41, 5.74) is -2.55. The van der Waals surface area contributed by atoms with Crippen LogP contribution in [0.25, 0.3) is 0 Å². The Kier molecular flexibility index (Phi) is 6.16. The van der Waals surface area contributed by atoms with Gasteiger partial charge in [0.05, 0.1) is 15.2 Å². The predicted molar refractivity (Wildman–Crippen MR) is 115 cm³/mol. The number of hydrogen-bond acceptors (Lipinski definition) is 5. The molecule has 0 radical (unpaired) electrons. The molecule has 3 unspecified atom stereocenters. The van der Waals surface area contributed by atoms with E-state index in [2.05, 4.69) is 5.32 Å². The quantitative estimate of drug-likeness (QED) is 0.519. The average Bonchev–Trinajstić information content (AvgIpc) is 3.05. The summed E-state index contributed by atoms with van der Waals surface area (Å²) < 4.78 is 67.1. The number of amides is 1. The first kappa shape index (κ1) is 24.5. The molecule has 2 aromatic carbocycles. The summed E-state index contributed by atoms with van der Waals surface area (Å²) in [4.78, 5) is 23.7. The first-order valence-electron chi connectivity index (χ1n) is 10.3. The van der Waals surface area contributed by atoms with Crippen LogP contribution >= 0.6 is 11.6 Å². The van der Waals surface area contributed by atoms with Crippen molar-refractivity contribution >= 4 is 39.0 Å². The van der Waals surface area contributed by atoms with E-state index in [0.717, 1.165) is 6.07 Å². The Balaban J connectivity index is 1.63. The largest absolute Gasteiger partial charge is 0.479 e. The molecule has 0 aromatic heterocycles. The minimum atomic E-state index is -4.14. The van der Waals surface area contributed by atoms with E-state index in [1.165, 1.54) is 12.1 Å². The van der Waals surface area contributed by atoms with Crippen molar-refractivity contribution < 1.29 is 41.4 Å². The molecule has 4 rings (SSSR count). The molecule has 3 N–H and O–H groups in total. The van der Waals surface area contributed by atoms with Crippen LogP contribution in [-0.2, 0) is 14.6 Å². The highest BCUT2D eigenvalue weighted by atomic mass is 35.5. The van der Waals surface area contributed by atoms with Crippen molar-refractivity contribution in [3.63, 3.8) is 0 Å². The summed E-state index contributed by atoms with van der Waals surface area (Å²) in [5.74, 6) is -8.24. The van der Waals surface area contributed by atoms with Gasteiger partial charge in [-0.05, 0) is 55.7 Å². The molecule has 12 heteroatoms. The van der Waals surface area contributed by atoms with E-state index in [1.807, 2.05) is 0 Å². The van der Waals surface area contributed by atoms with Crippen molar-refractivity contribution in [2.45, 2.75) is 41.4 Å². The molecule has 0 heterocycles. The molecule has 2 aliphatic carbocycles. The Bertz CT molecular complexity index is 1260. The average molecular weight is 518 g/mol. The lowest BCUT2D eigenvalue weighted by molar-refractivity contribution is -0.164. The summed E-state index contributed by atoms with van der Waals surface area (Å²) in [6.45, 7) is 0. The maximum absolute atomic E-state index is 13.5. The van der Waals surface area contributed by atoms with Crippen LogP contribution in [0.4, 0.5) is 18.9 Å². The van der Waals surface area contributed by atoms with Crippen LogP contribution in [0.5, 0.6) is 0 Å². The number of nitrogens with one attached hydrogen (secondary N) is 1. The van der Waals surface area contributed by atoms with Crippen molar-refractivity contribution in [2.75, 3.05) is 5.32 Å². The van der Waals surface area contributed by atoms with Crippen molar-refractivity contribution in [3.8, 4) is 0 Å². The number of hydrogen-bond donors (Lipinski definition) is 3. The lowest BCUT2D eigenvalue weighted by Gasteiger charge is -2.38. The van der Waals surface area contributed by atoms with Crippen LogP contribution in [-0.4, -0.2) is 41.4 Å². The van der Waals surface area contributed by atoms with Gasteiger partial charge in [0.2, 0.25) is 0 Å². The number of rotatable bonds is 5. The predicted octanol–water partition coefficient (Wildman–Crippen LogP) is 3.79. The van der Waals surface area contributed by atoms with Crippen LogP contribution in [0.1, 0.15) is 36.0 Å². The third kappa shape index (κ3) is 4.16. The Hall–Kier alpha value is -2.63. The van der Waals surface area contributed by atoms with E-state index in [9.17, 15) is 41.4 Å². The van der Waals surface area contributed by atoms with Gasteiger partial charge in [0.25, 0.3) is 5.91 Å². The minimum absolute atomic E-state index is 0.158. The monoisotopic (exact) mass is 517 g/mol. The lowest BCUT2D eigenvalue weighted by atomic mass is 9.77. The van der Waals surface area contributed by atoms with Gasteiger partial charge >= 0.3 is 5.97 Å². The number of aliphatic carboxylic acids is 1. The second-order valence-electron chi connectivity index (χ2n) is 8.71. The highest BCUT2D eigenvalue weighted by molar-refractivity contribution is 7.92. The Morgan fingerprint density at radius 1 is 1.03 bits per heavy atom. The first-order valence-corrected chi connectivity index (χ1v) is 12.2. The molecule has 0 saturated heterocycles. The molecule has 2 bridgehead atoms. The minimum Gasteiger partial charge on any atom is -0.479 e. The molecular weight excluding hydrogens is 499 g/mol. The Morgan fingerprint density at radius 2 is 1.59 bits per heavy atom. The fourth-order valence-electron chi connectivity index (χ4n) is 5.05. The third-order valence-corrected chi connectivity index (χ3v) is 9.41. The summed E-state index contributed by atoms with van der Waals surface area (Å²) in [6, 6.07) is 4.58. The summed E-state index contributed by atoms with van der Waals surface area (Å²) >= 11 is 6.15. The molecule has 2 aromatic rings. The molecule has 4 atom stereocenters. The van der Waals surface area contributed by atoms with E-state index < -0.39 is 61.9 Å². The first-order chi connectivity index (χ1) is 15.8. The molecule has 7 nitrogen and oxygen atoms in total. The molecule has 182 valence electrons. The van der Waals surface area contributed by atoms with Gasteiger partial charge in [-0.2, -0.15) is 0 Å². The zero-order valence-electron chi connectivity index (χ0n) is 17.4. The van der Waals surface area contributed by atoms with Crippen LogP contribution in [0.15, 0.2) is 35.2 Å².